The van der Waals surface area contributed by atoms with Crippen molar-refractivity contribution in [1.82, 2.24) is 19.9 Å². The number of aromatic nitrogens is 3. The minimum Gasteiger partial charge on any atom is -0.421 e. The van der Waals surface area contributed by atoms with Gasteiger partial charge >= 0.3 is 0 Å². The lowest BCUT2D eigenvalue weighted by Gasteiger charge is -2.05. The predicted octanol–water partition coefficient (Wildman–Crippen LogP) is 1.79. The number of sulfonamides is 1. The van der Waals surface area contributed by atoms with Gasteiger partial charge in [-0.05, 0) is 36.4 Å². The van der Waals surface area contributed by atoms with Crippen LogP contribution in [-0.4, -0.2) is 30.1 Å². The van der Waals surface area contributed by atoms with Crippen molar-refractivity contribution < 1.29 is 17.2 Å². The molecule has 0 bridgehead atoms. The third-order valence-electron chi connectivity index (χ3n) is 3.15. The highest BCUT2D eigenvalue weighted by Crippen LogP contribution is 2.16. The Labute approximate surface area is 137 Å². The molecule has 3 aromatic rings. The Bertz CT molecular complexity index is 911. The fraction of sp³-hybridized carbons (Fsp3) is 0.133. The van der Waals surface area contributed by atoms with E-state index < -0.39 is 15.8 Å². The summed E-state index contributed by atoms with van der Waals surface area (Å²) in [4.78, 5) is 3.89. The molecule has 0 unspecified atom stereocenters. The zero-order valence-corrected chi connectivity index (χ0v) is 13.2. The van der Waals surface area contributed by atoms with Gasteiger partial charge in [0.25, 0.3) is 0 Å². The maximum atomic E-state index is 12.8. The van der Waals surface area contributed by atoms with E-state index in [4.69, 9.17) is 4.42 Å². The smallest absolute Gasteiger partial charge is 0.247 e. The van der Waals surface area contributed by atoms with E-state index in [0.717, 1.165) is 17.7 Å². The van der Waals surface area contributed by atoms with Crippen LogP contribution >= 0.6 is 0 Å². The SMILES string of the molecule is O=S(=O)(NCCc1nnc(-c2ccncc2)o1)c1ccc(F)cc1. The van der Waals surface area contributed by atoms with E-state index in [2.05, 4.69) is 19.9 Å². The van der Waals surface area contributed by atoms with Crippen LogP contribution in [0.15, 0.2) is 58.1 Å². The Kier molecular flexibility index (Phi) is 4.63. The number of pyridine rings is 1. The first-order valence-corrected chi connectivity index (χ1v) is 8.51. The zero-order chi connectivity index (χ0) is 17.0. The van der Waals surface area contributed by atoms with Crippen LogP contribution in [0.25, 0.3) is 11.5 Å². The van der Waals surface area contributed by atoms with E-state index in [9.17, 15) is 12.8 Å². The van der Waals surface area contributed by atoms with Crippen LogP contribution in [0.3, 0.4) is 0 Å². The van der Waals surface area contributed by atoms with E-state index >= 15 is 0 Å². The van der Waals surface area contributed by atoms with Gasteiger partial charge in [-0.3, -0.25) is 4.98 Å². The standard InChI is InChI=1S/C15H13FN4O3S/c16-12-1-3-13(4-2-12)24(21,22)18-10-7-14-19-20-15(23-14)11-5-8-17-9-6-11/h1-6,8-9,18H,7,10H2. The van der Waals surface area contributed by atoms with Gasteiger partial charge in [0.1, 0.15) is 5.82 Å². The molecule has 7 nitrogen and oxygen atoms in total. The maximum Gasteiger partial charge on any atom is 0.247 e. The average molecular weight is 348 g/mol. The van der Waals surface area contributed by atoms with Crippen molar-refractivity contribution in [2.45, 2.75) is 11.3 Å². The first-order valence-electron chi connectivity index (χ1n) is 7.02. The molecule has 0 radical (unpaired) electrons. The van der Waals surface area contributed by atoms with Crippen LogP contribution in [0.4, 0.5) is 4.39 Å². The van der Waals surface area contributed by atoms with Crippen LogP contribution in [-0.2, 0) is 16.4 Å². The lowest BCUT2D eigenvalue weighted by molar-refractivity contribution is 0.502. The van der Waals surface area contributed by atoms with Crippen LogP contribution in [0.5, 0.6) is 0 Å². The summed E-state index contributed by atoms with van der Waals surface area (Å²) in [6, 6.07) is 8.04. The Morgan fingerprint density at radius 3 is 2.46 bits per heavy atom. The van der Waals surface area contributed by atoms with Crippen molar-refractivity contribution in [2.24, 2.45) is 0 Å². The highest BCUT2D eigenvalue weighted by molar-refractivity contribution is 7.89. The van der Waals surface area contributed by atoms with Crippen molar-refractivity contribution in [3.8, 4) is 11.5 Å². The van der Waals surface area contributed by atoms with Gasteiger partial charge in [0.15, 0.2) is 0 Å². The molecule has 0 aliphatic heterocycles. The third kappa shape index (κ3) is 3.81. The third-order valence-corrected chi connectivity index (χ3v) is 4.63. The number of nitrogens with zero attached hydrogens (tertiary/aromatic N) is 3. The lowest BCUT2D eigenvalue weighted by Crippen LogP contribution is -2.26. The first-order chi connectivity index (χ1) is 11.5. The molecule has 0 saturated heterocycles. The summed E-state index contributed by atoms with van der Waals surface area (Å²) in [5, 5.41) is 7.78. The van der Waals surface area contributed by atoms with Crippen molar-refractivity contribution in [1.29, 1.82) is 0 Å². The Morgan fingerprint density at radius 1 is 1.04 bits per heavy atom. The number of nitrogens with one attached hydrogen (secondary N) is 1. The first kappa shape index (κ1) is 16.2. The summed E-state index contributed by atoms with van der Waals surface area (Å²) in [6.45, 7) is 0.0810. The fourth-order valence-corrected chi connectivity index (χ4v) is 2.99. The molecule has 0 fully saturated rings. The van der Waals surface area contributed by atoms with E-state index in [-0.39, 0.29) is 17.9 Å². The van der Waals surface area contributed by atoms with Crippen molar-refractivity contribution in [3.63, 3.8) is 0 Å². The minimum atomic E-state index is -3.71. The van der Waals surface area contributed by atoms with Crippen molar-refractivity contribution in [2.75, 3.05) is 6.54 Å². The van der Waals surface area contributed by atoms with Crippen LogP contribution < -0.4 is 4.72 Å². The topological polar surface area (TPSA) is 98.0 Å². The molecule has 0 atom stereocenters. The summed E-state index contributed by atoms with van der Waals surface area (Å²) in [6.07, 6.45) is 3.45. The van der Waals surface area contributed by atoms with Crippen molar-refractivity contribution in [3.05, 3.63) is 60.5 Å². The highest BCUT2D eigenvalue weighted by atomic mass is 32.2. The van der Waals surface area contributed by atoms with Gasteiger partial charge in [0.05, 0.1) is 4.90 Å². The van der Waals surface area contributed by atoms with E-state index in [1.165, 1.54) is 12.1 Å². The van der Waals surface area contributed by atoms with E-state index in [0.29, 0.717) is 11.8 Å². The van der Waals surface area contributed by atoms with Gasteiger partial charge in [-0.15, -0.1) is 10.2 Å². The van der Waals surface area contributed by atoms with Gasteiger partial charge in [-0.2, -0.15) is 0 Å². The average Bonchev–Trinajstić information content (AvgIpc) is 3.05. The second-order valence-corrected chi connectivity index (χ2v) is 6.61. The molecule has 9 heteroatoms. The molecule has 0 aliphatic carbocycles. The van der Waals surface area contributed by atoms with Gasteiger partial charge in [-0.1, -0.05) is 0 Å². The molecule has 3 rings (SSSR count). The molecule has 1 aromatic carbocycles. The molecule has 24 heavy (non-hydrogen) atoms. The van der Waals surface area contributed by atoms with Crippen LogP contribution in [0.2, 0.25) is 0 Å². The quantitative estimate of drug-likeness (QED) is 0.729. The lowest BCUT2D eigenvalue weighted by atomic mass is 10.3. The molecule has 124 valence electrons. The van der Waals surface area contributed by atoms with Gasteiger partial charge in [0.2, 0.25) is 21.8 Å². The van der Waals surface area contributed by atoms with E-state index in [1.807, 2.05) is 0 Å². The minimum absolute atomic E-state index is 0.00750. The predicted molar refractivity (Wildman–Crippen MR) is 82.8 cm³/mol. The molecule has 0 aliphatic rings. The summed E-state index contributed by atoms with van der Waals surface area (Å²) in [7, 11) is -3.71. The number of hydrogen-bond donors (Lipinski definition) is 1. The largest absolute Gasteiger partial charge is 0.421 e. The monoisotopic (exact) mass is 348 g/mol. The second-order valence-electron chi connectivity index (χ2n) is 4.84. The Balaban J connectivity index is 1.60. The zero-order valence-electron chi connectivity index (χ0n) is 12.4. The molecular formula is C15H13FN4O3S. The van der Waals surface area contributed by atoms with E-state index in [1.54, 1.807) is 24.5 Å². The number of benzene rings is 1. The number of halogens is 1. The van der Waals surface area contributed by atoms with Gasteiger partial charge in [-0.25, -0.2) is 17.5 Å². The molecular weight excluding hydrogens is 335 g/mol. The summed E-state index contributed by atoms with van der Waals surface area (Å²) >= 11 is 0. The van der Waals surface area contributed by atoms with Crippen LogP contribution in [0, 0.1) is 5.82 Å². The van der Waals surface area contributed by atoms with Crippen molar-refractivity contribution >= 4 is 10.0 Å². The molecule has 0 spiro atoms. The molecule has 0 saturated carbocycles. The second kappa shape index (κ2) is 6.85. The normalized spacial score (nSPS) is 11.5. The summed E-state index contributed by atoms with van der Waals surface area (Å²) in [5.41, 5.74) is 0.732. The fourth-order valence-electron chi connectivity index (χ4n) is 1.96. The van der Waals surface area contributed by atoms with Crippen LogP contribution in [0.1, 0.15) is 5.89 Å². The molecule has 1 N–H and O–H groups in total. The van der Waals surface area contributed by atoms with Gasteiger partial charge < -0.3 is 4.42 Å². The number of hydrogen-bond acceptors (Lipinski definition) is 6. The maximum absolute atomic E-state index is 12.8. The summed E-state index contributed by atoms with van der Waals surface area (Å²) < 4.78 is 44.8. The molecule has 0 amide bonds. The Morgan fingerprint density at radius 2 is 1.75 bits per heavy atom. The highest BCUT2D eigenvalue weighted by Gasteiger charge is 2.14. The van der Waals surface area contributed by atoms with Gasteiger partial charge in [0, 0.05) is 30.9 Å². The Hall–Kier alpha value is -2.65. The molecule has 2 aromatic heterocycles. The molecule has 2 heterocycles. The number of rotatable bonds is 6. The summed E-state index contributed by atoms with van der Waals surface area (Å²) in [5.74, 6) is 0.154.